The van der Waals surface area contributed by atoms with E-state index in [1.807, 2.05) is 0 Å². The summed E-state index contributed by atoms with van der Waals surface area (Å²) in [6.07, 6.45) is -4.74. The molecular formula is C30H16F6N2O2. The lowest BCUT2D eigenvalue weighted by Gasteiger charge is -2.10. The highest BCUT2D eigenvalue weighted by molar-refractivity contribution is 5.95. The van der Waals surface area contributed by atoms with Crippen molar-refractivity contribution in [2.24, 2.45) is 0 Å². The van der Waals surface area contributed by atoms with Crippen molar-refractivity contribution in [2.45, 2.75) is 12.7 Å². The number of fused-ring (bicyclic) bond motifs is 1. The normalized spacial score (nSPS) is 11.3. The summed E-state index contributed by atoms with van der Waals surface area (Å²) in [7, 11) is 0. The summed E-state index contributed by atoms with van der Waals surface area (Å²) >= 11 is 0. The second kappa shape index (κ2) is 10.3. The largest absolute Gasteiger partial charge is 0.478 e. The molecule has 0 saturated carbocycles. The molecule has 0 atom stereocenters. The predicted molar refractivity (Wildman–Crippen MR) is 135 cm³/mol. The number of carbonyl (C=O) groups is 1. The van der Waals surface area contributed by atoms with Crippen molar-refractivity contribution in [3.05, 3.63) is 124 Å². The molecule has 1 heterocycles. The average molecular weight is 550 g/mol. The number of halogens is 6. The van der Waals surface area contributed by atoms with Gasteiger partial charge >= 0.3 is 12.1 Å². The molecule has 5 aromatic rings. The molecule has 1 aromatic heterocycles. The molecule has 0 unspecified atom stereocenters. The second-order valence-electron chi connectivity index (χ2n) is 8.76. The van der Waals surface area contributed by atoms with Crippen LogP contribution in [0.3, 0.4) is 0 Å². The van der Waals surface area contributed by atoms with Crippen molar-refractivity contribution >= 4 is 16.9 Å². The minimum Gasteiger partial charge on any atom is -0.478 e. The Balaban J connectivity index is 1.65. The van der Waals surface area contributed by atoms with Gasteiger partial charge in [0.1, 0.15) is 5.52 Å². The zero-order valence-electron chi connectivity index (χ0n) is 20.2. The van der Waals surface area contributed by atoms with Gasteiger partial charge in [0, 0.05) is 27.6 Å². The van der Waals surface area contributed by atoms with E-state index in [2.05, 4.69) is 16.9 Å². The van der Waals surface area contributed by atoms with Crippen molar-refractivity contribution in [1.29, 1.82) is 0 Å². The summed E-state index contributed by atoms with van der Waals surface area (Å²) in [5.41, 5.74) is -0.205. The number of nitrogens with zero attached hydrogens (tertiary/aromatic N) is 2. The van der Waals surface area contributed by atoms with E-state index >= 15 is 0 Å². The molecule has 1 N–H and O–H groups in total. The van der Waals surface area contributed by atoms with Crippen LogP contribution in [-0.4, -0.2) is 20.9 Å². The number of benzene rings is 4. The maximum atomic E-state index is 14.5. The molecule has 0 spiro atoms. The van der Waals surface area contributed by atoms with E-state index in [4.69, 9.17) is 0 Å². The van der Waals surface area contributed by atoms with Gasteiger partial charge in [-0.15, -0.1) is 0 Å². The summed E-state index contributed by atoms with van der Waals surface area (Å²) in [5, 5.41) is 13.4. The maximum Gasteiger partial charge on any atom is 0.418 e. The lowest BCUT2D eigenvalue weighted by Crippen LogP contribution is -2.08. The van der Waals surface area contributed by atoms with Crippen LogP contribution in [-0.2, 0) is 12.7 Å². The number of hydrogen-bond acceptors (Lipinski definition) is 2. The molecular weight excluding hydrogens is 534 g/mol. The van der Waals surface area contributed by atoms with Crippen molar-refractivity contribution < 1.29 is 36.2 Å². The number of carboxylic acid groups (broad SMARTS) is 1. The van der Waals surface area contributed by atoms with Crippen LogP contribution in [0.5, 0.6) is 0 Å². The molecule has 0 saturated heterocycles. The van der Waals surface area contributed by atoms with Crippen LogP contribution in [0, 0.1) is 29.3 Å². The minimum atomic E-state index is -4.74. The van der Waals surface area contributed by atoms with Gasteiger partial charge in [0.05, 0.1) is 23.4 Å². The van der Waals surface area contributed by atoms with Gasteiger partial charge in [0.25, 0.3) is 0 Å². The average Bonchev–Trinajstić information content (AvgIpc) is 3.30. The smallest absolute Gasteiger partial charge is 0.418 e. The number of alkyl halides is 3. The highest BCUT2D eigenvalue weighted by atomic mass is 19.4. The van der Waals surface area contributed by atoms with E-state index in [-0.39, 0.29) is 22.2 Å². The third-order valence-corrected chi connectivity index (χ3v) is 6.11. The van der Waals surface area contributed by atoms with Crippen LogP contribution in [0.2, 0.25) is 0 Å². The molecule has 0 aliphatic heterocycles. The van der Waals surface area contributed by atoms with Gasteiger partial charge in [-0.3, -0.25) is 4.68 Å². The Kier molecular flexibility index (Phi) is 6.81. The van der Waals surface area contributed by atoms with E-state index in [1.54, 1.807) is 36.4 Å². The number of aromatic carboxylic acids is 1. The van der Waals surface area contributed by atoms with E-state index in [0.29, 0.717) is 16.7 Å². The van der Waals surface area contributed by atoms with E-state index < -0.39 is 47.2 Å². The number of carboxylic acids is 1. The monoisotopic (exact) mass is 550 g/mol. The van der Waals surface area contributed by atoms with E-state index in [9.17, 15) is 36.2 Å². The first-order valence-electron chi connectivity index (χ1n) is 11.7. The molecule has 0 radical (unpaired) electrons. The molecule has 4 nitrogen and oxygen atoms in total. The summed E-state index contributed by atoms with van der Waals surface area (Å²) in [6, 6.07) is 17.7. The van der Waals surface area contributed by atoms with Gasteiger partial charge in [0.2, 0.25) is 0 Å². The van der Waals surface area contributed by atoms with Crippen molar-refractivity contribution in [2.75, 3.05) is 0 Å². The fourth-order valence-electron chi connectivity index (χ4n) is 4.27. The molecule has 5 rings (SSSR count). The predicted octanol–water partition coefficient (Wildman–Crippen LogP) is 7.29. The molecule has 4 aromatic carbocycles. The molecule has 0 fully saturated rings. The summed E-state index contributed by atoms with van der Waals surface area (Å²) in [6.45, 7) is -0.484. The van der Waals surface area contributed by atoms with E-state index in [0.717, 1.165) is 22.9 Å². The third kappa shape index (κ3) is 5.14. The van der Waals surface area contributed by atoms with Crippen LogP contribution in [0.1, 0.15) is 32.6 Å². The molecule has 10 heteroatoms. The van der Waals surface area contributed by atoms with Gasteiger partial charge in [-0.1, -0.05) is 48.2 Å². The fourth-order valence-corrected chi connectivity index (χ4v) is 4.27. The maximum absolute atomic E-state index is 14.5. The Bertz CT molecular complexity index is 1850. The molecule has 0 bridgehead atoms. The van der Waals surface area contributed by atoms with Gasteiger partial charge in [-0.25, -0.2) is 18.0 Å². The quantitative estimate of drug-likeness (QED) is 0.145. The Morgan fingerprint density at radius 3 is 2.23 bits per heavy atom. The summed E-state index contributed by atoms with van der Waals surface area (Å²) < 4.78 is 84.4. The topological polar surface area (TPSA) is 55.1 Å². The highest BCUT2D eigenvalue weighted by Crippen LogP contribution is 2.38. The Morgan fingerprint density at radius 2 is 1.52 bits per heavy atom. The standard InChI is InChI=1S/C30H16F6N2O2/c31-24-13-12-21(25(32)26(24)33)16-38-28(22-8-3-9-23(27(22)37-38)30(34,35)36)19-6-1-4-17(14-19)10-11-18-5-2-7-20(15-18)29(39)40/h1-9,12-15H,16H2,(H,39,40). The molecule has 200 valence electrons. The first-order valence-corrected chi connectivity index (χ1v) is 11.7. The Morgan fingerprint density at radius 1 is 0.850 bits per heavy atom. The van der Waals surface area contributed by atoms with Crippen molar-refractivity contribution in [3.8, 4) is 23.1 Å². The highest BCUT2D eigenvalue weighted by Gasteiger charge is 2.34. The Labute approximate surface area is 223 Å². The second-order valence-corrected chi connectivity index (χ2v) is 8.76. The van der Waals surface area contributed by atoms with Gasteiger partial charge in [-0.2, -0.15) is 18.3 Å². The zero-order valence-corrected chi connectivity index (χ0v) is 20.2. The molecule has 0 aliphatic carbocycles. The van der Waals surface area contributed by atoms with Crippen molar-refractivity contribution in [3.63, 3.8) is 0 Å². The lowest BCUT2D eigenvalue weighted by molar-refractivity contribution is -0.136. The molecule has 0 amide bonds. The van der Waals surface area contributed by atoms with Crippen LogP contribution < -0.4 is 0 Å². The molecule has 0 aliphatic rings. The van der Waals surface area contributed by atoms with Crippen LogP contribution in [0.4, 0.5) is 26.3 Å². The first-order chi connectivity index (χ1) is 19.0. The SMILES string of the molecule is O=C(O)c1cccc(C#Cc2cccc(-c3c4cccc(C(F)(F)F)c4nn3Cc3ccc(F)c(F)c3F)c2)c1. The Hall–Kier alpha value is -5.04. The van der Waals surface area contributed by atoms with Crippen LogP contribution in [0.15, 0.2) is 78.9 Å². The number of aromatic nitrogens is 2. The van der Waals surface area contributed by atoms with Gasteiger partial charge < -0.3 is 5.11 Å². The first kappa shape index (κ1) is 26.6. The van der Waals surface area contributed by atoms with Gasteiger partial charge in [0.15, 0.2) is 17.5 Å². The molecule has 40 heavy (non-hydrogen) atoms. The summed E-state index contributed by atoms with van der Waals surface area (Å²) in [4.78, 5) is 11.2. The van der Waals surface area contributed by atoms with E-state index in [1.165, 1.54) is 24.3 Å². The number of rotatable bonds is 4. The number of hydrogen-bond donors (Lipinski definition) is 1. The van der Waals surface area contributed by atoms with Gasteiger partial charge in [-0.05, 0) is 42.5 Å². The summed E-state index contributed by atoms with van der Waals surface area (Å²) in [5.74, 6) is 0.0859. The van der Waals surface area contributed by atoms with Crippen LogP contribution >= 0.6 is 0 Å². The van der Waals surface area contributed by atoms with Crippen LogP contribution in [0.25, 0.3) is 22.2 Å². The zero-order chi connectivity index (χ0) is 28.6. The minimum absolute atomic E-state index is 0.0563. The van der Waals surface area contributed by atoms with Crippen molar-refractivity contribution in [1.82, 2.24) is 9.78 Å². The fraction of sp³-hybridized carbons (Fsp3) is 0.0667. The third-order valence-electron chi connectivity index (χ3n) is 6.11. The lowest BCUT2D eigenvalue weighted by atomic mass is 10.0.